The van der Waals surface area contributed by atoms with Gasteiger partial charge in [-0.1, -0.05) is 0 Å². The first-order valence-electron chi connectivity index (χ1n) is 4.15. The van der Waals surface area contributed by atoms with E-state index in [9.17, 15) is 9.90 Å². The first-order chi connectivity index (χ1) is 6.06. The van der Waals surface area contributed by atoms with Gasteiger partial charge in [0.05, 0.1) is 13.2 Å². The zero-order valence-electron chi connectivity index (χ0n) is 7.92. The van der Waals surface area contributed by atoms with Crippen LogP contribution in [0.15, 0.2) is 9.66 Å². The van der Waals surface area contributed by atoms with Gasteiger partial charge < -0.3 is 9.84 Å². The lowest BCUT2D eigenvalue weighted by Gasteiger charge is -2.04. The van der Waals surface area contributed by atoms with E-state index in [0.717, 1.165) is 3.58 Å². The molecule has 0 amide bonds. The number of carbonyl (C=O) groups is 1. The normalized spacial score (nSPS) is 14.0. The molecule has 0 aliphatic carbocycles. The minimum atomic E-state index is -0.443. The van der Waals surface area contributed by atoms with Gasteiger partial charge in [0.2, 0.25) is 0 Å². The molecule has 1 atom stereocenters. The summed E-state index contributed by atoms with van der Waals surface area (Å²) in [6, 6.07) is 0. The van der Waals surface area contributed by atoms with E-state index in [0.29, 0.717) is 19.3 Å². The van der Waals surface area contributed by atoms with E-state index in [2.05, 4.69) is 27.3 Å². The standard InChI is InChI=1S/C9H15IO3/c1-7(10)6-8(11)4-3-5-9(12)13-2/h6,8,11H,3-5H2,1-2H3/b7-6-. The molecule has 0 bridgehead atoms. The fourth-order valence-electron chi connectivity index (χ4n) is 0.906. The summed E-state index contributed by atoms with van der Waals surface area (Å²) >= 11 is 2.14. The Morgan fingerprint density at radius 1 is 1.69 bits per heavy atom. The lowest BCUT2D eigenvalue weighted by molar-refractivity contribution is -0.140. The van der Waals surface area contributed by atoms with Crippen molar-refractivity contribution in [2.24, 2.45) is 0 Å². The van der Waals surface area contributed by atoms with E-state index >= 15 is 0 Å². The number of halogens is 1. The van der Waals surface area contributed by atoms with Crippen LogP contribution in [-0.4, -0.2) is 24.3 Å². The van der Waals surface area contributed by atoms with Gasteiger partial charge in [0, 0.05) is 6.42 Å². The fraction of sp³-hybridized carbons (Fsp3) is 0.667. The molecule has 0 heterocycles. The monoisotopic (exact) mass is 298 g/mol. The molecule has 0 aliphatic rings. The van der Waals surface area contributed by atoms with Gasteiger partial charge in [-0.2, -0.15) is 0 Å². The molecule has 0 radical (unpaired) electrons. The first-order valence-corrected chi connectivity index (χ1v) is 5.23. The van der Waals surface area contributed by atoms with Gasteiger partial charge in [-0.3, -0.25) is 4.79 Å². The first kappa shape index (κ1) is 12.9. The van der Waals surface area contributed by atoms with Crippen LogP contribution in [0, 0.1) is 0 Å². The number of rotatable bonds is 5. The third kappa shape index (κ3) is 8.24. The maximum atomic E-state index is 10.7. The van der Waals surface area contributed by atoms with Crippen LogP contribution in [0.5, 0.6) is 0 Å². The molecular weight excluding hydrogens is 283 g/mol. The maximum absolute atomic E-state index is 10.7. The number of aliphatic hydroxyl groups excluding tert-OH is 1. The second-order valence-corrected chi connectivity index (χ2v) is 4.49. The van der Waals surface area contributed by atoms with Crippen LogP contribution in [0.3, 0.4) is 0 Å². The summed E-state index contributed by atoms with van der Waals surface area (Å²) in [6.45, 7) is 1.92. The number of methoxy groups -OCH3 is 1. The van der Waals surface area contributed by atoms with Crippen molar-refractivity contribution >= 4 is 28.6 Å². The molecule has 3 nitrogen and oxygen atoms in total. The summed E-state index contributed by atoms with van der Waals surface area (Å²) in [5, 5.41) is 9.37. The Hall–Kier alpha value is -0.100. The van der Waals surface area contributed by atoms with Crippen LogP contribution in [0.4, 0.5) is 0 Å². The quantitative estimate of drug-likeness (QED) is 0.624. The van der Waals surface area contributed by atoms with Gasteiger partial charge in [0.25, 0.3) is 0 Å². The van der Waals surface area contributed by atoms with Crippen molar-refractivity contribution in [3.05, 3.63) is 9.66 Å². The Bertz CT molecular complexity index is 185. The summed E-state index contributed by atoms with van der Waals surface area (Å²) in [5.41, 5.74) is 0. The van der Waals surface area contributed by atoms with Crippen molar-refractivity contribution in [2.75, 3.05) is 7.11 Å². The Balaban J connectivity index is 3.53. The molecular formula is C9H15IO3. The molecule has 0 saturated heterocycles. The average Bonchev–Trinajstić information content (AvgIpc) is 2.02. The Labute approximate surface area is 92.3 Å². The third-order valence-corrected chi connectivity index (χ3v) is 1.89. The van der Waals surface area contributed by atoms with Crippen LogP contribution >= 0.6 is 22.6 Å². The SMILES string of the molecule is COC(=O)CCCC(O)/C=C(/C)I. The van der Waals surface area contributed by atoms with Crippen LogP contribution in [0.25, 0.3) is 0 Å². The average molecular weight is 298 g/mol. The summed E-state index contributed by atoms with van der Waals surface area (Å²) in [7, 11) is 1.37. The van der Waals surface area contributed by atoms with Gasteiger partial charge in [0.1, 0.15) is 0 Å². The zero-order valence-corrected chi connectivity index (χ0v) is 10.1. The van der Waals surface area contributed by atoms with Gasteiger partial charge in [-0.05, 0) is 52.0 Å². The predicted octanol–water partition coefficient (Wildman–Crippen LogP) is 2.03. The smallest absolute Gasteiger partial charge is 0.305 e. The molecule has 1 unspecified atom stereocenters. The summed E-state index contributed by atoms with van der Waals surface area (Å²) < 4.78 is 5.53. The van der Waals surface area contributed by atoms with Crippen molar-refractivity contribution in [2.45, 2.75) is 32.3 Å². The zero-order chi connectivity index (χ0) is 10.3. The number of hydrogen-bond donors (Lipinski definition) is 1. The van der Waals surface area contributed by atoms with Crippen LogP contribution < -0.4 is 0 Å². The van der Waals surface area contributed by atoms with Crippen molar-refractivity contribution in [1.29, 1.82) is 0 Å². The predicted molar refractivity (Wildman–Crippen MR) is 59.7 cm³/mol. The molecule has 4 heteroatoms. The number of ether oxygens (including phenoxy) is 1. The van der Waals surface area contributed by atoms with Crippen LogP contribution in [0.1, 0.15) is 26.2 Å². The maximum Gasteiger partial charge on any atom is 0.305 e. The Morgan fingerprint density at radius 3 is 2.77 bits per heavy atom. The highest BCUT2D eigenvalue weighted by molar-refractivity contribution is 14.1. The molecule has 0 aromatic heterocycles. The molecule has 0 rings (SSSR count). The second kappa shape index (κ2) is 7.32. The van der Waals surface area contributed by atoms with Crippen molar-refractivity contribution in [1.82, 2.24) is 0 Å². The van der Waals surface area contributed by atoms with Gasteiger partial charge in [-0.15, -0.1) is 0 Å². The topological polar surface area (TPSA) is 46.5 Å². The fourth-order valence-corrected chi connectivity index (χ4v) is 1.32. The summed E-state index contributed by atoms with van der Waals surface area (Å²) in [5.74, 6) is -0.220. The van der Waals surface area contributed by atoms with Gasteiger partial charge in [-0.25, -0.2) is 0 Å². The number of carbonyl (C=O) groups excluding carboxylic acids is 1. The molecule has 76 valence electrons. The summed E-state index contributed by atoms with van der Waals surface area (Å²) in [6.07, 6.45) is 2.98. The van der Waals surface area contributed by atoms with E-state index in [1.54, 1.807) is 6.08 Å². The molecule has 0 aromatic rings. The summed E-state index contributed by atoms with van der Waals surface area (Å²) in [4.78, 5) is 10.7. The van der Waals surface area contributed by atoms with E-state index in [1.165, 1.54) is 7.11 Å². The van der Waals surface area contributed by atoms with Crippen LogP contribution in [0.2, 0.25) is 0 Å². The van der Waals surface area contributed by atoms with E-state index in [1.807, 2.05) is 6.92 Å². The molecule has 0 saturated carbocycles. The molecule has 0 spiro atoms. The minimum absolute atomic E-state index is 0.220. The largest absolute Gasteiger partial charge is 0.469 e. The van der Waals surface area contributed by atoms with E-state index in [4.69, 9.17) is 0 Å². The lowest BCUT2D eigenvalue weighted by atomic mass is 10.1. The Kier molecular flexibility index (Phi) is 7.26. The number of aliphatic hydroxyl groups is 1. The number of allylic oxidation sites excluding steroid dienone is 1. The molecule has 13 heavy (non-hydrogen) atoms. The molecule has 0 aromatic carbocycles. The van der Waals surface area contributed by atoms with Crippen molar-refractivity contribution in [3.63, 3.8) is 0 Å². The number of esters is 1. The molecule has 1 N–H and O–H groups in total. The highest BCUT2D eigenvalue weighted by atomic mass is 127. The van der Waals surface area contributed by atoms with Gasteiger partial charge >= 0.3 is 5.97 Å². The molecule has 0 aliphatic heterocycles. The van der Waals surface area contributed by atoms with E-state index in [-0.39, 0.29) is 5.97 Å². The van der Waals surface area contributed by atoms with E-state index < -0.39 is 6.10 Å². The highest BCUT2D eigenvalue weighted by Gasteiger charge is 2.03. The Morgan fingerprint density at radius 2 is 2.31 bits per heavy atom. The van der Waals surface area contributed by atoms with Crippen molar-refractivity contribution in [3.8, 4) is 0 Å². The number of hydrogen-bond acceptors (Lipinski definition) is 3. The second-order valence-electron chi connectivity index (χ2n) is 2.79. The minimum Gasteiger partial charge on any atom is -0.469 e. The van der Waals surface area contributed by atoms with Crippen molar-refractivity contribution < 1.29 is 14.6 Å². The molecule has 0 fully saturated rings. The third-order valence-electron chi connectivity index (χ3n) is 1.53. The highest BCUT2D eigenvalue weighted by Crippen LogP contribution is 2.09. The lowest BCUT2D eigenvalue weighted by Crippen LogP contribution is -2.05. The van der Waals surface area contributed by atoms with Gasteiger partial charge in [0.15, 0.2) is 0 Å². The van der Waals surface area contributed by atoms with Crippen LogP contribution in [-0.2, 0) is 9.53 Å².